The summed E-state index contributed by atoms with van der Waals surface area (Å²) in [7, 11) is -3.75. The van der Waals surface area contributed by atoms with Gasteiger partial charge >= 0.3 is 0 Å². The minimum absolute atomic E-state index is 0. The van der Waals surface area contributed by atoms with E-state index in [1.165, 1.54) is 39.9 Å². The van der Waals surface area contributed by atoms with E-state index in [9.17, 15) is 18.0 Å². The summed E-state index contributed by atoms with van der Waals surface area (Å²) >= 11 is 1.38. The Morgan fingerprint density at radius 1 is 1.03 bits per heavy atom. The first-order valence-electron chi connectivity index (χ1n) is 11.9. The number of halogens is 1. The highest BCUT2D eigenvalue weighted by Gasteiger charge is 2.31. The fraction of sp³-hybridized carbons (Fsp3) is 0.308. The number of thiophene rings is 1. The molecule has 11 heteroatoms. The molecule has 2 amide bonds. The van der Waals surface area contributed by atoms with E-state index in [4.69, 9.17) is 5.73 Å². The van der Waals surface area contributed by atoms with Gasteiger partial charge in [0, 0.05) is 36.1 Å². The highest BCUT2D eigenvalue weighted by Crippen LogP contribution is 2.38. The second-order valence-corrected chi connectivity index (χ2v) is 12.3. The Labute approximate surface area is 226 Å². The Kier molecular flexibility index (Phi) is 7.66. The van der Waals surface area contributed by atoms with E-state index in [0.29, 0.717) is 53.8 Å². The SMILES string of the molecule is CC(C)N1CCc2c(sc(NC(=O)c3ccc(S(=O)(=O)N4CCc5ccccc54)cc3)c2C(N)=O)C1.Cl. The number of nitrogens with two attached hydrogens (primary N) is 1. The zero-order valence-electron chi connectivity index (χ0n) is 20.6. The Morgan fingerprint density at radius 2 is 1.73 bits per heavy atom. The highest BCUT2D eigenvalue weighted by molar-refractivity contribution is 7.92. The quantitative estimate of drug-likeness (QED) is 0.472. The number of rotatable bonds is 6. The number of sulfonamides is 1. The molecule has 3 heterocycles. The maximum atomic E-state index is 13.2. The molecule has 0 saturated heterocycles. The first kappa shape index (κ1) is 27.1. The van der Waals surface area contributed by atoms with Crippen LogP contribution >= 0.6 is 23.7 Å². The van der Waals surface area contributed by atoms with Crippen LogP contribution in [0.5, 0.6) is 0 Å². The minimum atomic E-state index is -3.75. The maximum absolute atomic E-state index is 13.2. The van der Waals surface area contributed by atoms with Crippen LogP contribution in [0.15, 0.2) is 53.4 Å². The lowest BCUT2D eigenvalue weighted by Gasteiger charge is -2.30. The molecule has 2 aliphatic heterocycles. The van der Waals surface area contributed by atoms with Crippen molar-refractivity contribution in [2.45, 2.75) is 44.2 Å². The molecule has 1 aromatic heterocycles. The monoisotopic (exact) mass is 560 g/mol. The molecule has 0 bridgehead atoms. The number of primary amides is 1. The molecule has 0 saturated carbocycles. The van der Waals surface area contributed by atoms with Crippen molar-refractivity contribution in [3.05, 3.63) is 75.7 Å². The van der Waals surface area contributed by atoms with Gasteiger partial charge in [-0.05, 0) is 68.1 Å². The Bertz CT molecular complexity index is 1450. The van der Waals surface area contributed by atoms with Crippen molar-refractivity contribution in [3.8, 4) is 0 Å². The number of fused-ring (bicyclic) bond motifs is 2. The normalized spacial score (nSPS) is 15.2. The van der Waals surface area contributed by atoms with Gasteiger partial charge in [-0.25, -0.2) is 8.42 Å². The number of benzene rings is 2. The zero-order valence-corrected chi connectivity index (χ0v) is 23.0. The van der Waals surface area contributed by atoms with Crippen LogP contribution in [0, 0.1) is 0 Å². The molecule has 0 aliphatic carbocycles. The van der Waals surface area contributed by atoms with Crippen molar-refractivity contribution in [1.82, 2.24) is 4.90 Å². The van der Waals surface area contributed by atoms with E-state index >= 15 is 0 Å². The molecule has 3 N–H and O–H groups in total. The van der Waals surface area contributed by atoms with Crippen LogP contribution < -0.4 is 15.4 Å². The molecule has 8 nitrogen and oxygen atoms in total. The highest BCUT2D eigenvalue weighted by atomic mass is 35.5. The van der Waals surface area contributed by atoms with Gasteiger partial charge in [0.25, 0.3) is 21.8 Å². The second kappa shape index (κ2) is 10.4. The average molecular weight is 561 g/mol. The number of amides is 2. The van der Waals surface area contributed by atoms with Crippen molar-refractivity contribution in [2.24, 2.45) is 5.73 Å². The molecule has 0 atom stereocenters. The van der Waals surface area contributed by atoms with Gasteiger partial charge in [-0.1, -0.05) is 18.2 Å². The second-order valence-electron chi connectivity index (χ2n) is 9.32. The van der Waals surface area contributed by atoms with E-state index in [0.717, 1.165) is 22.5 Å². The predicted octanol–water partition coefficient (Wildman–Crippen LogP) is 4.04. The third kappa shape index (κ3) is 4.98. The summed E-state index contributed by atoms with van der Waals surface area (Å²) in [4.78, 5) is 28.7. The molecule has 0 spiro atoms. The van der Waals surface area contributed by atoms with E-state index in [1.54, 1.807) is 6.07 Å². The van der Waals surface area contributed by atoms with E-state index < -0.39 is 21.8 Å². The van der Waals surface area contributed by atoms with Crippen LogP contribution in [0.2, 0.25) is 0 Å². The van der Waals surface area contributed by atoms with Gasteiger partial charge in [0.1, 0.15) is 5.00 Å². The summed E-state index contributed by atoms with van der Waals surface area (Å²) < 4.78 is 27.9. The van der Waals surface area contributed by atoms with Crippen LogP contribution in [0.25, 0.3) is 0 Å². The third-order valence-electron chi connectivity index (χ3n) is 6.84. The largest absolute Gasteiger partial charge is 0.365 e. The van der Waals surface area contributed by atoms with Gasteiger partial charge in [0.05, 0.1) is 16.1 Å². The first-order valence-corrected chi connectivity index (χ1v) is 14.1. The number of para-hydroxylation sites is 1. The van der Waals surface area contributed by atoms with Crippen molar-refractivity contribution in [3.63, 3.8) is 0 Å². The van der Waals surface area contributed by atoms with Crippen LogP contribution in [-0.4, -0.2) is 44.3 Å². The molecule has 0 unspecified atom stereocenters. The van der Waals surface area contributed by atoms with Gasteiger partial charge in [-0.3, -0.25) is 18.8 Å². The average Bonchev–Trinajstić information content (AvgIpc) is 3.45. The van der Waals surface area contributed by atoms with Crippen LogP contribution in [0.3, 0.4) is 0 Å². The molecular formula is C26H29ClN4O4S2. The van der Waals surface area contributed by atoms with E-state index in [2.05, 4.69) is 24.1 Å². The van der Waals surface area contributed by atoms with Crippen molar-refractivity contribution < 1.29 is 18.0 Å². The standard InChI is InChI=1S/C26H28N4O4S2.ClH/c1-16(2)29-13-12-20-22(15-29)35-26(23(20)24(27)31)28-25(32)18-7-9-19(10-8-18)36(33,34)30-14-11-17-5-3-4-6-21(17)30;/h3-10,16H,11-15H2,1-2H3,(H2,27,31)(H,28,32);1H. The Balaban J connectivity index is 0.00000320. The number of carbonyl (C=O) groups excluding carboxylic acids is 2. The summed E-state index contributed by atoms with van der Waals surface area (Å²) in [5, 5.41) is 3.27. The molecule has 37 heavy (non-hydrogen) atoms. The van der Waals surface area contributed by atoms with Crippen LogP contribution in [-0.2, 0) is 29.4 Å². The van der Waals surface area contributed by atoms with Crippen LogP contribution in [0.1, 0.15) is 50.6 Å². The smallest absolute Gasteiger partial charge is 0.264 e. The zero-order chi connectivity index (χ0) is 25.6. The first-order chi connectivity index (χ1) is 17.2. The van der Waals surface area contributed by atoms with Crippen molar-refractivity contribution in [2.75, 3.05) is 22.7 Å². The molecular weight excluding hydrogens is 532 g/mol. The van der Waals surface area contributed by atoms with E-state index in [1.807, 2.05) is 18.2 Å². The van der Waals surface area contributed by atoms with Gasteiger partial charge in [-0.2, -0.15) is 0 Å². The topological polar surface area (TPSA) is 113 Å². The summed E-state index contributed by atoms with van der Waals surface area (Å²) in [6.45, 7) is 6.18. The van der Waals surface area contributed by atoms with Crippen molar-refractivity contribution in [1.29, 1.82) is 0 Å². The molecule has 196 valence electrons. The van der Waals surface area contributed by atoms with Crippen molar-refractivity contribution >= 4 is 56.3 Å². The molecule has 2 aromatic carbocycles. The molecule has 2 aliphatic rings. The number of nitrogens with one attached hydrogen (secondary N) is 1. The van der Waals surface area contributed by atoms with Gasteiger partial charge in [0.15, 0.2) is 0 Å². The predicted molar refractivity (Wildman–Crippen MR) is 148 cm³/mol. The third-order valence-corrected chi connectivity index (χ3v) is 9.80. The molecule has 0 fully saturated rings. The number of anilines is 2. The molecule has 3 aromatic rings. The number of hydrogen-bond donors (Lipinski definition) is 2. The maximum Gasteiger partial charge on any atom is 0.264 e. The number of nitrogens with zero attached hydrogens (tertiary/aromatic N) is 2. The Hall–Kier alpha value is -2.92. The lowest BCUT2D eigenvalue weighted by molar-refractivity contribution is 0.0999. The van der Waals surface area contributed by atoms with Gasteiger partial charge in [0.2, 0.25) is 0 Å². The summed E-state index contributed by atoms with van der Waals surface area (Å²) in [5.74, 6) is -0.986. The van der Waals surface area contributed by atoms with Crippen LogP contribution in [0.4, 0.5) is 10.7 Å². The number of carbonyl (C=O) groups is 2. The summed E-state index contributed by atoms with van der Waals surface area (Å²) in [5.41, 5.74) is 8.95. The molecule has 5 rings (SSSR count). The van der Waals surface area contributed by atoms with Gasteiger partial charge in [-0.15, -0.1) is 23.7 Å². The van der Waals surface area contributed by atoms with Gasteiger partial charge < -0.3 is 11.1 Å². The minimum Gasteiger partial charge on any atom is -0.365 e. The lowest BCUT2D eigenvalue weighted by atomic mass is 10.0. The fourth-order valence-electron chi connectivity index (χ4n) is 4.85. The fourth-order valence-corrected chi connectivity index (χ4v) is 7.63. The van der Waals surface area contributed by atoms with E-state index in [-0.39, 0.29) is 17.3 Å². The summed E-state index contributed by atoms with van der Waals surface area (Å²) in [6, 6.07) is 13.7. The Morgan fingerprint density at radius 3 is 2.41 bits per heavy atom. The molecule has 0 radical (unpaired) electrons. The lowest BCUT2D eigenvalue weighted by Crippen LogP contribution is -2.35. The number of hydrogen-bond acceptors (Lipinski definition) is 6. The summed E-state index contributed by atoms with van der Waals surface area (Å²) in [6.07, 6.45) is 1.36.